The third kappa shape index (κ3) is 4.18. The number of aromatic carboxylic acids is 1. The lowest BCUT2D eigenvalue weighted by molar-refractivity contribution is -0.125. The number of nitrogens with two attached hydrogens (primary N) is 1. The summed E-state index contributed by atoms with van der Waals surface area (Å²) in [7, 11) is -1.54. The van der Waals surface area contributed by atoms with E-state index in [0.717, 1.165) is 12.8 Å². The quantitative estimate of drug-likeness (QED) is 0.358. The molecular formula is C17H23BN2O7. The Balaban J connectivity index is 1.63. The van der Waals surface area contributed by atoms with Crippen LogP contribution in [0.25, 0.3) is 0 Å². The maximum Gasteiger partial charge on any atom is 0.451 e. The summed E-state index contributed by atoms with van der Waals surface area (Å²) in [5.41, 5.74) is 4.97. The number of aromatic hydroxyl groups is 1. The van der Waals surface area contributed by atoms with Crippen molar-refractivity contribution < 1.29 is 34.6 Å². The van der Waals surface area contributed by atoms with Gasteiger partial charge in [0.05, 0.1) is 5.41 Å². The molecule has 1 saturated heterocycles. The summed E-state index contributed by atoms with van der Waals surface area (Å²) >= 11 is 0. The molecule has 0 spiro atoms. The topological polar surface area (TPSA) is 154 Å². The summed E-state index contributed by atoms with van der Waals surface area (Å²) in [5, 5.41) is 37.5. The van der Waals surface area contributed by atoms with Gasteiger partial charge in [0.2, 0.25) is 5.91 Å². The van der Waals surface area contributed by atoms with Crippen LogP contribution in [0.15, 0.2) is 12.1 Å². The second-order valence-electron chi connectivity index (χ2n) is 7.35. The first-order valence-corrected chi connectivity index (χ1v) is 8.85. The molecule has 1 aliphatic heterocycles. The van der Waals surface area contributed by atoms with Crippen molar-refractivity contribution >= 4 is 19.0 Å². The molecule has 1 aliphatic carbocycles. The maximum atomic E-state index is 11.6. The van der Waals surface area contributed by atoms with Crippen LogP contribution < -0.4 is 10.5 Å². The van der Waals surface area contributed by atoms with Crippen molar-refractivity contribution in [1.29, 1.82) is 0 Å². The molecule has 10 heteroatoms. The number of nitrogens with zero attached hydrogens (tertiary/aromatic N) is 1. The highest BCUT2D eigenvalue weighted by atomic mass is 16.5. The summed E-state index contributed by atoms with van der Waals surface area (Å²) in [6.45, 7) is 1.68. The Morgan fingerprint density at radius 1 is 1.30 bits per heavy atom. The van der Waals surface area contributed by atoms with Crippen molar-refractivity contribution in [1.82, 2.24) is 4.90 Å². The first-order chi connectivity index (χ1) is 12.7. The fourth-order valence-electron chi connectivity index (χ4n) is 3.37. The molecule has 1 amide bonds. The van der Waals surface area contributed by atoms with E-state index in [1.165, 1.54) is 12.1 Å². The first-order valence-electron chi connectivity index (χ1n) is 8.85. The van der Waals surface area contributed by atoms with Crippen LogP contribution in [0.2, 0.25) is 6.32 Å². The minimum absolute atomic E-state index is 0.0218. The van der Waals surface area contributed by atoms with Crippen LogP contribution in [-0.4, -0.2) is 69.9 Å². The van der Waals surface area contributed by atoms with Gasteiger partial charge in [0, 0.05) is 19.6 Å². The monoisotopic (exact) mass is 378 g/mol. The predicted octanol–water partition coefficient (Wildman–Crippen LogP) is -0.566. The normalized spacial score (nSPS) is 18.6. The SMILES string of the molecule is NC(=O)C1(CN2CC(Oc3ccc(CCB(O)O)c(O)c3C(=O)O)C2)CC1. The molecule has 1 heterocycles. The number of ether oxygens (including phenoxy) is 1. The smallest absolute Gasteiger partial charge is 0.451 e. The highest BCUT2D eigenvalue weighted by Gasteiger charge is 2.51. The van der Waals surface area contributed by atoms with Crippen LogP contribution in [-0.2, 0) is 11.2 Å². The van der Waals surface area contributed by atoms with Gasteiger partial charge in [0.15, 0.2) is 0 Å². The standard InChI is InChI=1S/C17H23BN2O7/c19-16(24)17(4-5-17)9-20-7-11(8-20)27-12-2-1-10(3-6-18(25)26)14(21)13(12)15(22)23/h1-2,11,21,25-26H,3-9H2,(H2,19,24)(H,22,23). The molecule has 27 heavy (non-hydrogen) atoms. The number of carbonyl (C=O) groups excluding carboxylic acids is 1. The number of rotatable bonds is 9. The molecule has 2 aliphatic rings. The number of benzene rings is 1. The Morgan fingerprint density at radius 2 is 1.96 bits per heavy atom. The largest absolute Gasteiger partial charge is 0.507 e. The molecule has 0 aromatic heterocycles. The molecule has 0 unspecified atom stereocenters. The zero-order valence-corrected chi connectivity index (χ0v) is 14.8. The van der Waals surface area contributed by atoms with E-state index in [4.69, 9.17) is 20.5 Å². The molecule has 1 saturated carbocycles. The van der Waals surface area contributed by atoms with Crippen LogP contribution in [0, 0.1) is 5.41 Å². The average molecular weight is 378 g/mol. The molecule has 0 atom stereocenters. The van der Waals surface area contributed by atoms with Gasteiger partial charge in [-0.3, -0.25) is 9.69 Å². The van der Waals surface area contributed by atoms with E-state index in [2.05, 4.69) is 0 Å². The average Bonchev–Trinajstić information content (AvgIpc) is 3.32. The summed E-state index contributed by atoms with van der Waals surface area (Å²) in [6.07, 6.45) is 1.45. The molecule has 2 fully saturated rings. The lowest BCUT2D eigenvalue weighted by atomic mass is 9.82. The van der Waals surface area contributed by atoms with Crippen molar-refractivity contribution in [2.24, 2.45) is 11.1 Å². The number of phenols is 1. The number of hydrogen-bond acceptors (Lipinski definition) is 7. The number of amides is 1. The second kappa shape index (κ2) is 7.38. The number of likely N-dealkylation sites (tertiary alicyclic amines) is 1. The van der Waals surface area contributed by atoms with Crippen molar-refractivity contribution in [3.05, 3.63) is 23.3 Å². The van der Waals surface area contributed by atoms with Crippen LogP contribution in [0.5, 0.6) is 11.5 Å². The molecule has 1 aromatic rings. The number of carboxylic acid groups (broad SMARTS) is 1. The van der Waals surface area contributed by atoms with Crippen LogP contribution in [0.1, 0.15) is 28.8 Å². The first kappa shape index (κ1) is 19.5. The fraction of sp³-hybridized carbons (Fsp3) is 0.529. The van der Waals surface area contributed by atoms with Gasteiger partial charge < -0.3 is 30.7 Å². The molecule has 6 N–H and O–H groups in total. The van der Waals surface area contributed by atoms with Gasteiger partial charge >= 0.3 is 13.1 Å². The van der Waals surface area contributed by atoms with Gasteiger partial charge in [-0.05, 0) is 37.2 Å². The Labute approximate surface area is 156 Å². The minimum atomic E-state index is -1.54. The zero-order valence-electron chi connectivity index (χ0n) is 14.8. The van der Waals surface area contributed by atoms with E-state index in [9.17, 15) is 19.8 Å². The Morgan fingerprint density at radius 3 is 2.48 bits per heavy atom. The number of carbonyl (C=O) groups is 2. The van der Waals surface area contributed by atoms with Gasteiger partial charge in [-0.2, -0.15) is 0 Å². The van der Waals surface area contributed by atoms with Crippen molar-refractivity contribution in [2.75, 3.05) is 19.6 Å². The Hall–Kier alpha value is -2.30. The molecule has 9 nitrogen and oxygen atoms in total. The van der Waals surface area contributed by atoms with E-state index in [-0.39, 0.29) is 36.1 Å². The minimum Gasteiger partial charge on any atom is -0.507 e. The number of hydrogen-bond donors (Lipinski definition) is 5. The van der Waals surface area contributed by atoms with Gasteiger partial charge in [-0.25, -0.2) is 4.79 Å². The van der Waals surface area contributed by atoms with E-state index < -0.39 is 24.3 Å². The third-order valence-electron chi connectivity index (χ3n) is 5.23. The van der Waals surface area contributed by atoms with Crippen LogP contribution in [0.3, 0.4) is 0 Å². The number of primary amides is 1. The molecule has 0 bridgehead atoms. The molecule has 146 valence electrons. The summed E-state index contributed by atoms with van der Waals surface area (Å²) in [4.78, 5) is 25.1. The van der Waals surface area contributed by atoms with Crippen molar-refractivity contribution in [2.45, 2.75) is 31.7 Å². The Kier molecular flexibility index (Phi) is 5.32. The summed E-state index contributed by atoms with van der Waals surface area (Å²) in [6, 6.07) is 2.99. The van der Waals surface area contributed by atoms with Crippen LogP contribution in [0.4, 0.5) is 0 Å². The summed E-state index contributed by atoms with van der Waals surface area (Å²) in [5.74, 6) is -1.97. The predicted molar refractivity (Wildman–Crippen MR) is 95.5 cm³/mol. The highest BCUT2D eigenvalue weighted by molar-refractivity contribution is 6.41. The van der Waals surface area contributed by atoms with Gasteiger partial charge in [0.25, 0.3) is 0 Å². The van der Waals surface area contributed by atoms with Crippen molar-refractivity contribution in [3.63, 3.8) is 0 Å². The van der Waals surface area contributed by atoms with Gasteiger partial charge in [0.1, 0.15) is 23.2 Å². The lowest BCUT2D eigenvalue weighted by Gasteiger charge is -2.40. The van der Waals surface area contributed by atoms with Crippen molar-refractivity contribution in [3.8, 4) is 11.5 Å². The van der Waals surface area contributed by atoms with Gasteiger partial charge in [-0.1, -0.05) is 6.07 Å². The number of carboxylic acids is 1. The molecular weight excluding hydrogens is 355 g/mol. The zero-order chi connectivity index (χ0) is 19.8. The van der Waals surface area contributed by atoms with E-state index >= 15 is 0 Å². The van der Waals surface area contributed by atoms with E-state index in [0.29, 0.717) is 25.2 Å². The lowest BCUT2D eigenvalue weighted by Crippen LogP contribution is -2.56. The molecule has 1 aromatic carbocycles. The Bertz CT molecular complexity index is 745. The van der Waals surface area contributed by atoms with E-state index in [1.807, 2.05) is 4.90 Å². The maximum absolute atomic E-state index is 11.6. The van der Waals surface area contributed by atoms with Gasteiger partial charge in [-0.15, -0.1) is 0 Å². The third-order valence-corrected chi connectivity index (χ3v) is 5.23. The molecule has 0 radical (unpaired) electrons. The summed E-state index contributed by atoms with van der Waals surface area (Å²) < 4.78 is 5.73. The highest BCUT2D eigenvalue weighted by Crippen LogP contribution is 2.46. The van der Waals surface area contributed by atoms with E-state index in [1.54, 1.807) is 0 Å². The second-order valence-corrected chi connectivity index (χ2v) is 7.35. The molecule has 3 rings (SSSR count). The van der Waals surface area contributed by atoms with Crippen LogP contribution >= 0.6 is 0 Å². The fourth-order valence-corrected chi connectivity index (χ4v) is 3.37. The number of aryl methyl sites for hydroxylation is 1.